The molecule has 154 valence electrons. The maximum atomic E-state index is 12.6. The Morgan fingerprint density at radius 1 is 1.18 bits per heavy atom. The number of nitrogens with zero attached hydrogens (tertiary/aromatic N) is 2. The van der Waals surface area contributed by atoms with Gasteiger partial charge in [-0.3, -0.25) is 10.2 Å². The molecule has 1 aliphatic carbocycles. The first-order valence-electron chi connectivity index (χ1n) is 9.53. The molecule has 2 N–H and O–H groups in total. The van der Waals surface area contributed by atoms with Crippen molar-refractivity contribution in [1.82, 2.24) is 10.2 Å². The topological polar surface area (TPSA) is 83.0 Å². The highest BCUT2D eigenvalue weighted by molar-refractivity contribution is 6.30. The molecule has 0 saturated heterocycles. The van der Waals surface area contributed by atoms with Crippen LogP contribution in [0.3, 0.4) is 0 Å². The smallest absolute Gasteiger partial charge is 0.335 e. The van der Waals surface area contributed by atoms with E-state index in [1.54, 1.807) is 43.1 Å². The molecule has 0 aliphatic heterocycles. The molecule has 0 atom stereocenters. The molecule has 7 nitrogen and oxygen atoms in total. The largest absolute Gasteiger partial charge is 0.437 e. The summed E-state index contributed by atoms with van der Waals surface area (Å²) < 4.78 is 0. The van der Waals surface area contributed by atoms with E-state index in [1.807, 2.05) is 13.8 Å². The Morgan fingerprint density at radius 2 is 1.79 bits per heavy atom. The van der Waals surface area contributed by atoms with Gasteiger partial charge in [-0.15, -0.1) is 0 Å². The molecule has 0 aromatic heterocycles. The van der Waals surface area contributed by atoms with Crippen molar-refractivity contribution in [3.8, 4) is 0 Å². The van der Waals surface area contributed by atoms with Gasteiger partial charge in [-0.25, -0.2) is 9.59 Å². The number of oxime groups is 1. The summed E-state index contributed by atoms with van der Waals surface area (Å²) >= 11 is 5.81. The number of rotatable bonds is 5. The molecule has 28 heavy (non-hydrogen) atoms. The minimum Gasteiger partial charge on any atom is -0.335 e. The first-order chi connectivity index (χ1) is 13.2. The van der Waals surface area contributed by atoms with Crippen LogP contribution in [-0.4, -0.2) is 41.4 Å². The highest BCUT2D eigenvalue weighted by atomic mass is 35.5. The molecule has 8 heteroatoms. The lowest BCUT2D eigenvalue weighted by atomic mass is 9.95. The summed E-state index contributed by atoms with van der Waals surface area (Å²) in [7, 11) is 1.71. The molecule has 1 fully saturated rings. The zero-order chi connectivity index (χ0) is 20.7. The Balaban J connectivity index is 1.91. The van der Waals surface area contributed by atoms with E-state index < -0.39 is 11.6 Å². The number of carbonyl (C=O) groups excluding carboxylic acids is 2. The van der Waals surface area contributed by atoms with Gasteiger partial charge in [0.2, 0.25) is 0 Å². The van der Waals surface area contributed by atoms with Crippen LogP contribution in [0.5, 0.6) is 0 Å². The van der Waals surface area contributed by atoms with E-state index in [-0.39, 0.29) is 12.1 Å². The van der Waals surface area contributed by atoms with E-state index in [1.165, 1.54) is 6.42 Å². The van der Waals surface area contributed by atoms with E-state index >= 15 is 0 Å². The van der Waals surface area contributed by atoms with Crippen LogP contribution in [-0.2, 0) is 4.84 Å². The summed E-state index contributed by atoms with van der Waals surface area (Å²) in [6.45, 7) is 5.43. The number of anilines is 1. The van der Waals surface area contributed by atoms with Crippen molar-refractivity contribution in [2.45, 2.75) is 64.5 Å². The molecule has 1 aromatic rings. The Labute approximate surface area is 171 Å². The zero-order valence-electron chi connectivity index (χ0n) is 16.9. The lowest BCUT2D eigenvalue weighted by molar-refractivity contribution is 0.159. The van der Waals surface area contributed by atoms with Gasteiger partial charge in [0.1, 0.15) is 0 Å². The second-order valence-corrected chi connectivity index (χ2v) is 8.03. The average molecular weight is 409 g/mol. The van der Waals surface area contributed by atoms with Crippen LogP contribution in [0.2, 0.25) is 5.02 Å². The number of carbonyl (C=O) groups is 2. The van der Waals surface area contributed by atoms with Crippen LogP contribution in [0.4, 0.5) is 15.3 Å². The average Bonchev–Trinajstić information content (AvgIpc) is 2.68. The number of hydrogen-bond donors (Lipinski definition) is 2. The minimum absolute atomic E-state index is 0.155. The number of amides is 3. The maximum absolute atomic E-state index is 12.6. The van der Waals surface area contributed by atoms with Gasteiger partial charge in [0.05, 0.1) is 11.3 Å². The van der Waals surface area contributed by atoms with E-state index in [0.29, 0.717) is 16.4 Å². The number of halogens is 1. The summed E-state index contributed by atoms with van der Waals surface area (Å²) in [5, 5.41) is 10.1. The van der Waals surface area contributed by atoms with Crippen LogP contribution >= 0.6 is 11.6 Å². The van der Waals surface area contributed by atoms with Crippen molar-refractivity contribution >= 4 is 35.1 Å². The SMILES string of the molecule is C/C(=N/OC(=O)Nc1ccc(Cl)cc1)C(C)(C)N(C)C(=O)NC1CCCCC1. The molecule has 1 aliphatic rings. The summed E-state index contributed by atoms with van der Waals surface area (Å²) in [6.07, 6.45) is 4.84. The second-order valence-electron chi connectivity index (χ2n) is 7.59. The number of nitrogens with one attached hydrogen (secondary N) is 2. The fourth-order valence-corrected chi connectivity index (χ4v) is 3.04. The highest BCUT2D eigenvalue weighted by Crippen LogP contribution is 2.20. The summed E-state index contributed by atoms with van der Waals surface area (Å²) in [5.74, 6) is 0. The van der Waals surface area contributed by atoms with E-state index in [9.17, 15) is 9.59 Å². The number of urea groups is 1. The lowest BCUT2D eigenvalue weighted by Crippen LogP contribution is -2.55. The maximum Gasteiger partial charge on any atom is 0.437 e. The van der Waals surface area contributed by atoms with Crippen molar-refractivity contribution in [3.05, 3.63) is 29.3 Å². The molecule has 0 radical (unpaired) electrons. The molecule has 0 heterocycles. The van der Waals surface area contributed by atoms with Gasteiger partial charge in [0, 0.05) is 23.8 Å². The summed E-state index contributed by atoms with van der Waals surface area (Å²) in [5.41, 5.74) is 0.324. The molecule has 2 rings (SSSR count). The molecule has 1 aromatic carbocycles. The highest BCUT2D eigenvalue weighted by Gasteiger charge is 2.32. The van der Waals surface area contributed by atoms with Gasteiger partial charge in [-0.1, -0.05) is 36.0 Å². The molecule has 0 unspecified atom stereocenters. The van der Waals surface area contributed by atoms with Crippen LogP contribution in [0, 0.1) is 0 Å². The number of hydrogen-bond acceptors (Lipinski definition) is 4. The van der Waals surface area contributed by atoms with Crippen LogP contribution in [0.1, 0.15) is 52.9 Å². The minimum atomic E-state index is -0.723. The zero-order valence-corrected chi connectivity index (χ0v) is 17.7. The van der Waals surface area contributed by atoms with Crippen molar-refractivity contribution in [2.24, 2.45) is 5.16 Å². The summed E-state index contributed by atoms with van der Waals surface area (Å²) in [4.78, 5) is 31.1. The van der Waals surface area contributed by atoms with E-state index in [0.717, 1.165) is 25.7 Å². The molecular weight excluding hydrogens is 380 g/mol. The van der Waals surface area contributed by atoms with Gasteiger partial charge in [-0.2, -0.15) is 0 Å². The molecule has 3 amide bonds. The van der Waals surface area contributed by atoms with Crippen molar-refractivity contribution < 1.29 is 14.4 Å². The van der Waals surface area contributed by atoms with Crippen molar-refractivity contribution in [1.29, 1.82) is 0 Å². The van der Waals surface area contributed by atoms with E-state index in [2.05, 4.69) is 15.8 Å². The van der Waals surface area contributed by atoms with Crippen LogP contribution < -0.4 is 10.6 Å². The normalized spacial score (nSPS) is 15.7. The Hall–Kier alpha value is -2.28. The first-order valence-corrected chi connectivity index (χ1v) is 9.91. The molecule has 1 saturated carbocycles. The van der Waals surface area contributed by atoms with Crippen molar-refractivity contribution in [2.75, 3.05) is 12.4 Å². The first kappa shape index (κ1) is 22.0. The number of benzene rings is 1. The van der Waals surface area contributed by atoms with Gasteiger partial charge < -0.3 is 10.2 Å². The second kappa shape index (κ2) is 9.78. The standard InChI is InChI=1S/C20H29ClN4O3/c1-14(24-28-19(27)23-17-12-10-15(21)11-13-17)20(2,3)25(4)18(26)22-16-8-6-5-7-9-16/h10-13,16H,5-9H2,1-4H3,(H,22,26)(H,23,27)/b24-14-. The van der Waals surface area contributed by atoms with Gasteiger partial charge in [0.15, 0.2) is 0 Å². The van der Waals surface area contributed by atoms with Crippen molar-refractivity contribution in [3.63, 3.8) is 0 Å². The fourth-order valence-electron chi connectivity index (χ4n) is 2.91. The van der Waals surface area contributed by atoms with Crippen LogP contribution in [0.25, 0.3) is 0 Å². The lowest BCUT2D eigenvalue weighted by Gasteiger charge is -2.36. The molecule has 0 spiro atoms. The van der Waals surface area contributed by atoms with E-state index in [4.69, 9.17) is 16.4 Å². The quantitative estimate of drug-likeness (QED) is 0.407. The van der Waals surface area contributed by atoms with Crippen LogP contribution in [0.15, 0.2) is 29.4 Å². The Kier molecular flexibility index (Phi) is 7.69. The van der Waals surface area contributed by atoms with Gasteiger partial charge in [-0.05, 0) is 57.9 Å². The predicted octanol–water partition coefficient (Wildman–Crippen LogP) is 5.02. The Bertz CT molecular complexity index is 713. The Morgan fingerprint density at radius 3 is 2.39 bits per heavy atom. The monoisotopic (exact) mass is 408 g/mol. The molecule has 0 bridgehead atoms. The van der Waals surface area contributed by atoms with Gasteiger partial charge in [0.25, 0.3) is 0 Å². The molecular formula is C20H29ClN4O3. The predicted molar refractivity (Wildman–Crippen MR) is 112 cm³/mol. The third-order valence-electron chi connectivity index (χ3n) is 5.32. The van der Waals surface area contributed by atoms with Gasteiger partial charge >= 0.3 is 12.1 Å². The third-order valence-corrected chi connectivity index (χ3v) is 5.57. The third kappa shape index (κ3) is 6.12. The summed E-state index contributed by atoms with van der Waals surface area (Å²) in [6, 6.07) is 6.71. The fraction of sp³-hybridized carbons (Fsp3) is 0.550.